The molecule has 13 heavy (non-hydrogen) atoms. The smallest absolute Gasteiger partial charge is 0.102 e. The van der Waals surface area contributed by atoms with Gasteiger partial charge in [-0.25, -0.2) is 0 Å². The van der Waals surface area contributed by atoms with E-state index in [9.17, 15) is 5.11 Å². The minimum Gasteiger partial charge on any atom is -0.396 e. The molecule has 0 fully saturated rings. The largest absolute Gasteiger partial charge is 0.396 e. The molecule has 1 atom stereocenters. The maximum atomic E-state index is 9.25. The number of hydrogen-bond acceptors (Lipinski definition) is 3. The van der Waals surface area contributed by atoms with Crippen LogP contribution in [0.25, 0.3) is 0 Å². The van der Waals surface area contributed by atoms with Crippen molar-refractivity contribution in [3.63, 3.8) is 0 Å². The van der Waals surface area contributed by atoms with Crippen LogP contribution in [-0.4, -0.2) is 28.5 Å². The van der Waals surface area contributed by atoms with Crippen LogP contribution >= 0.6 is 0 Å². The Kier molecular flexibility index (Phi) is 3.89. The van der Waals surface area contributed by atoms with Crippen LogP contribution in [0.4, 0.5) is 0 Å². The zero-order valence-corrected chi connectivity index (χ0v) is 7.35. The van der Waals surface area contributed by atoms with Gasteiger partial charge in [0.2, 0.25) is 0 Å². The lowest BCUT2D eigenvalue weighted by atomic mass is 10.1. The van der Waals surface area contributed by atoms with Gasteiger partial charge in [-0.15, -0.1) is 0 Å². The van der Waals surface area contributed by atoms with E-state index in [1.165, 1.54) is 0 Å². The van der Waals surface area contributed by atoms with Crippen LogP contribution in [0, 0.1) is 0 Å². The second kappa shape index (κ2) is 4.97. The Balaban J connectivity index is 2.69. The molecule has 0 aromatic heterocycles. The Hall–Kier alpha value is -0.900. The average Bonchev–Trinajstić information content (AvgIpc) is 2.18. The van der Waals surface area contributed by atoms with Crippen molar-refractivity contribution in [3.8, 4) is 0 Å². The average molecular weight is 182 g/mol. The molecule has 1 aromatic rings. The Morgan fingerprint density at radius 1 is 1.08 bits per heavy atom. The highest BCUT2D eigenvalue weighted by Gasteiger charge is 2.04. The van der Waals surface area contributed by atoms with Crippen molar-refractivity contribution >= 4 is 0 Å². The Morgan fingerprint density at radius 3 is 2.15 bits per heavy atom. The number of hydrogen-bond donors (Lipinski definition) is 3. The van der Waals surface area contributed by atoms with Gasteiger partial charge >= 0.3 is 0 Å². The van der Waals surface area contributed by atoms with Crippen LogP contribution in [0.5, 0.6) is 0 Å². The molecule has 0 saturated carbocycles. The van der Waals surface area contributed by atoms with Crippen molar-refractivity contribution in [1.82, 2.24) is 0 Å². The van der Waals surface area contributed by atoms with Gasteiger partial charge in [-0.05, 0) is 17.5 Å². The number of aliphatic hydroxyl groups excluding tert-OH is 3. The zero-order valence-electron chi connectivity index (χ0n) is 7.35. The highest BCUT2D eigenvalue weighted by Crippen LogP contribution is 2.12. The molecule has 0 aliphatic rings. The third-order valence-electron chi connectivity index (χ3n) is 1.94. The quantitative estimate of drug-likeness (QED) is 0.625. The SMILES string of the molecule is OCCc1ccc(C(O)CO)cc1. The van der Waals surface area contributed by atoms with E-state index in [1.807, 2.05) is 12.1 Å². The summed E-state index contributed by atoms with van der Waals surface area (Å²) in [6, 6.07) is 7.19. The summed E-state index contributed by atoms with van der Waals surface area (Å²) in [6.45, 7) is -0.138. The Morgan fingerprint density at radius 2 is 1.69 bits per heavy atom. The summed E-state index contributed by atoms with van der Waals surface area (Å²) in [5.74, 6) is 0. The summed E-state index contributed by atoms with van der Waals surface area (Å²) in [5.41, 5.74) is 1.72. The molecule has 0 spiro atoms. The van der Waals surface area contributed by atoms with Gasteiger partial charge in [0, 0.05) is 6.61 Å². The number of aliphatic hydroxyl groups is 3. The summed E-state index contributed by atoms with van der Waals surface area (Å²) in [6.07, 6.45) is -0.182. The normalized spacial score (nSPS) is 12.8. The fraction of sp³-hybridized carbons (Fsp3) is 0.400. The molecule has 1 unspecified atom stereocenters. The highest BCUT2D eigenvalue weighted by atomic mass is 16.3. The lowest BCUT2D eigenvalue weighted by molar-refractivity contribution is 0.0956. The highest BCUT2D eigenvalue weighted by molar-refractivity contribution is 5.24. The zero-order chi connectivity index (χ0) is 9.68. The molecule has 72 valence electrons. The topological polar surface area (TPSA) is 60.7 Å². The molecule has 3 N–H and O–H groups in total. The standard InChI is InChI=1S/C10H14O3/c11-6-5-8-1-3-9(4-2-8)10(13)7-12/h1-4,10-13H,5-7H2. The molecule has 1 rings (SSSR count). The lowest BCUT2D eigenvalue weighted by Crippen LogP contribution is -2.02. The van der Waals surface area contributed by atoms with E-state index in [4.69, 9.17) is 10.2 Å². The Bertz CT molecular complexity index is 243. The van der Waals surface area contributed by atoms with Crippen molar-refractivity contribution in [2.24, 2.45) is 0 Å². The fourth-order valence-corrected chi connectivity index (χ4v) is 1.14. The third-order valence-corrected chi connectivity index (χ3v) is 1.94. The molecular weight excluding hydrogens is 168 g/mol. The van der Waals surface area contributed by atoms with Crippen LogP contribution in [0.1, 0.15) is 17.2 Å². The minimum absolute atomic E-state index is 0.127. The number of rotatable bonds is 4. The first-order valence-corrected chi connectivity index (χ1v) is 4.26. The molecule has 0 saturated heterocycles. The Labute approximate surface area is 77.3 Å². The van der Waals surface area contributed by atoms with Crippen LogP contribution in [-0.2, 0) is 6.42 Å². The van der Waals surface area contributed by atoms with Crippen molar-refractivity contribution < 1.29 is 15.3 Å². The lowest BCUT2D eigenvalue weighted by Gasteiger charge is -2.07. The summed E-state index contributed by atoms with van der Waals surface area (Å²) in [7, 11) is 0. The van der Waals surface area contributed by atoms with Crippen molar-refractivity contribution in [3.05, 3.63) is 35.4 Å². The second-order valence-corrected chi connectivity index (χ2v) is 2.91. The van der Waals surface area contributed by atoms with E-state index in [1.54, 1.807) is 12.1 Å². The number of benzene rings is 1. The van der Waals surface area contributed by atoms with E-state index in [0.29, 0.717) is 12.0 Å². The summed E-state index contributed by atoms with van der Waals surface area (Å²) in [5, 5.41) is 26.6. The molecular formula is C10H14O3. The summed E-state index contributed by atoms with van der Waals surface area (Å²) < 4.78 is 0. The monoisotopic (exact) mass is 182 g/mol. The van der Waals surface area contributed by atoms with E-state index in [0.717, 1.165) is 5.56 Å². The van der Waals surface area contributed by atoms with Gasteiger partial charge in [0.25, 0.3) is 0 Å². The predicted molar refractivity (Wildman–Crippen MR) is 49.3 cm³/mol. The van der Waals surface area contributed by atoms with Crippen molar-refractivity contribution in [2.45, 2.75) is 12.5 Å². The maximum Gasteiger partial charge on any atom is 0.102 e. The van der Waals surface area contributed by atoms with Gasteiger partial charge in [0.05, 0.1) is 6.61 Å². The van der Waals surface area contributed by atoms with Crippen molar-refractivity contribution in [2.75, 3.05) is 13.2 Å². The van der Waals surface area contributed by atoms with Crippen LogP contribution < -0.4 is 0 Å². The van der Waals surface area contributed by atoms with Crippen molar-refractivity contribution in [1.29, 1.82) is 0 Å². The van der Waals surface area contributed by atoms with E-state index in [2.05, 4.69) is 0 Å². The first-order valence-electron chi connectivity index (χ1n) is 4.26. The molecule has 1 aromatic carbocycles. The fourth-order valence-electron chi connectivity index (χ4n) is 1.14. The first kappa shape index (κ1) is 10.2. The molecule has 0 aliphatic heterocycles. The third kappa shape index (κ3) is 2.81. The maximum absolute atomic E-state index is 9.25. The molecule has 0 bridgehead atoms. The van der Waals surface area contributed by atoms with E-state index >= 15 is 0 Å². The summed E-state index contributed by atoms with van der Waals surface area (Å²) in [4.78, 5) is 0. The summed E-state index contributed by atoms with van der Waals surface area (Å²) >= 11 is 0. The molecule has 3 heteroatoms. The first-order chi connectivity index (χ1) is 6.27. The molecule has 0 aliphatic carbocycles. The molecule has 0 heterocycles. The van der Waals surface area contributed by atoms with Gasteiger partial charge in [-0.1, -0.05) is 24.3 Å². The minimum atomic E-state index is -0.803. The molecule has 0 radical (unpaired) electrons. The van der Waals surface area contributed by atoms with Gasteiger partial charge < -0.3 is 15.3 Å². The van der Waals surface area contributed by atoms with Gasteiger partial charge in [0.15, 0.2) is 0 Å². The van der Waals surface area contributed by atoms with Crippen LogP contribution in [0.15, 0.2) is 24.3 Å². The van der Waals surface area contributed by atoms with Gasteiger partial charge in [-0.3, -0.25) is 0 Å². The van der Waals surface area contributed by atoms with Crippen LogP contribution in [0.2, 0.25) is 0 Å². The van der Waals surface area contributed by atoms with E-state index < -0.39 is 6.10 Å². The molecule has 0 amide bonds. The predicted octanol–water partition coefficient (Wildman–Crippen LogP) is 0.247. The van der Waals surface area contributed by atoms with Gasteiger partial charge in [-0.2, -0.15) is 0 Å². The van der Waals surface area contributed by atoms with E-state index in [-0.39, 0.29) is 13.2 Å². The molecule has 3 nitrogen and oxygen atoms in total. The second-order valence-electron chi connectivity index (χ2n) is 2.91. The van der Waals surface area contributed by atoms with Gasteiger partial charge in [0.1, 0.15) is 6.10 Å². The van der Waals surface area contributed by atoms with Crippen LogP contribution in [0.3, 0.4) is 0 Å².